The molecule has 3 aliphatic rings. The highest BCUT2D eigenvalue weighted by atomic mass is 32.2. The lowest BCUT2D eigenvalue weighted by atomic mass is 9.68. The van der Waals surface area contributed by atoms with Crippen LogP contribution in [0.3, 0.4) is 0 Å². The number of furan rings is 1. The number of fused-ring (bicyclic) bond motifs is 1. The molecule has 0 N–H and O–H groups in total. The zero-order valence-corrected chi connectivity index (χ0v) is 12.7. The Morgan fingerprint density at radius 2 is 2.25 bits per heavy atom. The Hall–Kier alpha value is -0.710. The average Bonchev–Trinajstić information content (AvgIpc) is 3.00. The van der Waals surface area contributed by atoms with Gasteiger partial charge in [-0.15, -0.1) is 4.31 Å². The molecule has 0 amide bonds. The Balaban J connectivity index is 1.54. The molecule has 2 atom stereocenters. The minimum Gasteiger partial charge on any atom is -0.593 e. The average molecular weight is 291 g/mol. The molecule has 3 nitrogen and oxygen atoms in total. The van der Waals surface area contributed by atoms with Crippen LogP contribution >= 0.6 is 0 Å². The van der Waals surface area contributed by atoms with Crippen LogP contribution in [-0.2, 0) is 17.8 Å². The van der Waals surface area contributed by atoms with E-state index in [4.69, 9.17) is 4.42 Å². The van der Waals surface area contributed by atoms with Crippen LogP contribution in [0.4, 0.5) is 0 Å². The van der Waals surface area contributed by atoms with Gasteiger partial charge in [-0.2, -0.15) is 0 Å². The lowest BCUT2D eigenvalue weighted by Crippen LogP contribution is -2.38. The van der Waals surface area contributed by atoms with E-state index in [0.29, 0.717) is 11.5 Å². The van der Waals surface area contributed by atoms with Crippen molar-refractivity contribution in [3.8, 4) is 0 Å². The Kier molecular flexibility index (Phi) is 3.02. The van der Waals surface area contributed by atoms with E-state index < -0.39 is 11.4 Å². The van der Waals surface area contributed by atoms with E-state index in [2.05, 4.69) is 11.2 Å². The van der Waals surface area contributed by atoms with Gasteiger partial charge in [0.15, 0.2) is 4.91 Å². The maximum absolute atomic E-state index is 12.9. The summed E-state index contributed by atoms with van der Waals surface area (Å²) in [6.45, 7) is 3.25. The zero-order valence-electron chi connectivity index (χ0n) is 11.9. The largest absolute Gasteiger partial charge is 0.593 e. The Bertz CT molecular complexity index is 546. The van der Waals surface area contributed by atoms with Gasteiger partial charge in [0.1, 0.15) is 5.76 Å². The van der Waals surface area contributed by atoms with Crippen LogP contribution in [0.2, 0.25) is 0 Å². The van der Waals surface area contributed by atoms with Crippen molar-refractivity contribution in [3.63, 3.8) is 0 Å². The van der Waals surface area contributed by atoms with Crippen LogP contribution in [0.15, 0.2) is 21.7 Å². The topological polar surface area (TPSA) is 39.4 Å². The molecule has 4 rings (SSSR count). The minimum absolute atomic E-state index is 0.440. The number of aryl methyl sites for hydroxylation is 1. The van der Waals surface area contributed by atoms with Gasteiger partial charge in [-0.05, 0) is 49.7 Å². The third kappa shape index (κ3) is 1.97. The Morgan fingerprint density at radius 1 is 1.40 bits per heavy atom. The molecule has 108 valence electrons. The van der Waals surface area contributed by atoms with Crippen LogP contribution in [0, 0.1) is 5.41 Å². The van der Waals surface area contributed by atoms with Gasteiger partial charge in [-0.25, -0.2) is 0 Å². The van der Waals surface area contributed by atoms with Crippen molar-refractivity contribution in [3.05, 3.63) is 28.6 Å². The van der Waals surface area contributed by atoms with Crippen molar-refractivity contribution in [1.29, 1.82) is 0 Å². The molecule has 20 heavy (non-hydrogen) atoms. The maximum atomic E-state index is 12.9. The van der Waals surface area contributed by atoms with E-state index >= 15 is 0 Å². The highest BCUT2D eigenvalue weighted by Crippen LogP contribution is 2.51. The molecule has 0 aromatic carbocycles. The molecule has 2 aliphatic carbocycles. The lowest BCUT2D eigenvalue weighted by molar-refractivity contribution is 0.152. The van der Waals surface area contributed by atoms with Gasteiger partial charge < -0.3 is 8.97 Å². The van der Waals surface area contributed by atoms with Crippen LogP contribution < -0.4 is 0 Å². The second-order valence-corrected chi connectivity index (χ2v) is 8.14. The van der Waals surface area contributed by atoms with Crippen LogP contribution in [0.25, 0.3) is 6.08 Å². The van der Waals surface area contributed by atoms with E-state index in [1.54, 1.807) is 6.26 Å². The molecule has 4 heteroatoms. The molecule has 2 fully saturated rings. The highest BCUT2D eigenvalue weighted by molar-refractivity contribution is 7.93. The van der Waals surface area contributed by atoms with Crippen molar-refractivity contribution in [2.45, 2.75) is 51.5 Å². The summed E-state index contributed by atoms with van der Waals surface area (Å²) in [6, 6.07) is 2.46. The lowest BCUT2D eigenvalue weighted by Gasteiger charge is -2.37. The van der Waals surface area contributed by atoms with E-state index in [-0.39, 0.29) is 0 Å². The Morgan fingerprint density at radius 3 is 2.95 bits per heavy atom. The summed E-state index contributed by atoms with van der Waals surface area (Å²) in [7, 11) is 0. The normalized spacial score (nSPS) is 29.9. The molecule has 1 saturated carbocycles. The van der Waals surface area contributed by atoms with Gasteiger partial charge >= 0.3 is 0 Å². The van der Waals surface area contributed by atoms with Crippen molar-refractivity contribution < 1.29 is 8.97 Å². The molecule has 1 aromatic heterocycles. The van der Waals surface area contributed by atoms with Gasteiger partial charge in [0.25, 0.3) is 0 Å². The summed E-state index contributed by atoms with van der Waals surface area (Å²) in [5, 5.41) is 0. The monoisotopic (exact) mass is 291 g/mol. The van der Waals surface area contributed by atoms with Gasteiger partial charge in [-0.1, -0.05) is 6.42 Å². The second kappa shape index (κ2) is 4.65. The molecule has 1 spiro atoms. The van der Waals surface area contributed by atoms with Crippen molar-refractivity contribution in [1.82, 2.24) is 4.31 Å². The fourth-order valence-corrected chi connectivity index (χ4v) is 5.56. The van der Waals surface area contributed by atoms with E-state index in [1.807, 2.05) is 12.1 Å². The van der Waals surface area contributed by atoms with E-state index in [1.165, 1.54) is 31.2 Å². The number of allylic oxidation sites excluding steroid dienone is 1. The first-order valence-corrected chi connectivity index (χ1v) is 8.73. The molecular formula is C16H21NO2S. The Labute approximate surface area is 123 Å². The molecule has 1 saturated heterocycles. The van der Waals surface area contributed by atoms with Gasteiger partial charge in [0, 0.05) is 12.5 Å². The van der Waals surface area contributed by atoms with Crippen LogP contribution in [0.1, 0.15) is 50.4 Å². The summed E-state index contributed by atoms with van der Waals surface area (Å²) in [5.74, 6) is 0.907. The van der Waals surface area contributed by atoms with Gasteiger partial charge in [-0.3, -0.25) is 0 Å². The standard InChI is InChI=1S/C16H21NO2S/c1-12-10-16(6-2-7-16)11-17(12)20(18)14-4-3-13-5-8-19-15(13)9-14/h5,8-9,12H,2-4,6-7,10-11H2,1H3. The SMILES string of the molecule is CC1CC2(CCC2)CN1[S+]([O-])C1=Cc2occc2CC1. The third-order valence-corrected chi connectivity index (χ3v) is 6.96. The molecular weight excluding hydrogens is 270 g/mol. The third-order valence-electron chi connectivity index (χ3n) is 5.28. The number of rotatable bonds is 2. The fourth-order valence-electron chi connectivity index (χ4n) is 3.99. The van der Waals surface area contributed by atoms with Crippen LogP contribution in [-0.4, -0.2) is 21.4 Å². The molecule has 1 aromatic rings. The fraction of sp³-hybridized carbons (Fsp3) is 0.625. The summed E-state index contributed by atoms with van der Waals surface area (Å²) < 4.78 is 20.6. The van der Waals surface area contributed by atoms with Gasteiger partial charge in [0.2, 0.25) is 0 Å². The van der Waals surface area contributed by atoms with Gasteiger partial charge in [0.05, 0.1) is 30.2 Å². The summed E-state index contributed by atoms with van der Waals surface area (Å²) in [4.78, 5) is 1.04. The summed E-state index contributed by atoms with van der Waals surface area (Å²) in [5.41, 5.74) is 1.73. The summed E-state index contributed by atoms with van der Waals surface area (Å²) in [6.07, 6.45) is 10.8. The van der Waals surface area contributed by atoms with E-state index in [9.17, 15) is 4.55 Å². The zero-order chi connectivity index (χ0) is 13.7. The highest BCUT2D eigenvalue weighted by Gasteiger charge is 2.50. The predicted molar refractivity (Wildman–Crippen MR) is 80.2 cm³/mol. The van der Waals surface area contributed by atoms with Crippen molar-refractivity contribution in [2.24, 2.45) is 5.41 Å². The molecule has 0 bridgehead atoms. The second-order valence-electron chi connectivity index (χ2n) is 6.65. The van der Waals surface area contributed by atoms with Crippen molar-refractivity contribution in [2.75, 3.05) is 6.54 Å². The number of nitrogens with zero attached hydrogens (tertiary/aromatic N) is 1. The predicted octanol–water partition coefficient (Wildman–Crippen LogP) is 3.49. The smallest absolute Gasteiger partial charge is 0.155 e. The minimum atomic E-state index is -0.983. The molecule has 1 aliphatic heterocycles. The van der Waals surface area contributed by atoms with Crippen LogP contribution in [0.5, 0.6) is 0 Å². The first-order valence-electron chi connectivity index (χ1n) is 7.62. The quantitative estimate of drug-likeness (QED) is 0.783. The molecule has 2 unspecified atom stereocenters. The maximum Gasteiger partial charge on any atom is 0.155 e. The number of hydrogen-bond donors (Lipinski definition) is 0. The van der Waals surface area contributed by atoms with E-state index in [0.717, 1.165) is 30.1 Å². The number of hydrogen-bond acceptors (Lipinski definition) is 3. The molecule has 2 heterocycles. The first kappa shape index (κ1) is 13.0. The summed E-state index contributed by atoms with van der Waals surface area (Å²) >= 11 is -0.983. The van der Waals surface area contributed by atoms with Crippen molar-refractivity contribution >= 4 is 17.4 Å². The molecule has 0 radical (unpaired) electrons. The first-order chi connectivity index (χ1) is 9.67.